The highest BCUT2D eigenvalue weighted by atomic mass is 16.5. The molecule has 1 aliphatic heterocycles. The van der Waals surface area contributed by atoms with Crippen molar-refractivity contribution in [3.63, 3.8) is 0 Å². The van der Waals surface area contributed by atoms with E-state index < -0.39 is 0 Å². The first kappa shape index (κ1) is 21.2. The summed E-state index contributed by atoms with van der Waals surface area (Å²) in [6.07, 6.45) is 3.27. The van der Waals surface area contributed by atoms with E-state index in [9.17, 15) is 0 Å². The van der Waals surface area contributed by atoms with E-state index in [-0.39, 0.29) is 0 Å². The van der Waals surface area contributed by atoms with Crippen LogP contribution in [0.2, 0.25) is 0 Å². The van der Waals surface area contributed by atoms with Gasteiger partial charge in [-0.1, -0.05) is 6.92 Å². The SMILES string of the molecule is CCN(CCNC(=NC)NCCCOCC1CCOCC1)C(C)C. The molecule has 0 aromatic heterocycles. The van der Waals surface area contributed by atoms with Gasteiger partial charge in [-0.15, -0.1) is 0 Å². The molecular formula is C18H38N4O2. The second-order valence-electron chi connectivity index (χ2n) is 6.63. The molecule has 1 heterocycles. The Balaban J connectivity index is 2.01. The van der Waals surface area contributed by atoms with Gasteiger partial charge in [-0.3, -0.25) is 9.89 Å². The second kappa shape index (κ2) is 13.4. The van der Waals surface area contributed by atoms with Crippen LogP contribution in [0.15, 0.2) is 4.99 Å². The zero-order chi connectivity index (χ0) is 17.6. The molecule has 0 aromatic rings. The van der Waals surface area contributed by atoms with Gasteiger partial charge >= 0.3 is 0 Å². The topological polar surface area (TPSA) is 58.1 Å². The maximum Gasteiger partial charge on any atom is 0.191 e. The van der Waals surface area contributed by atoms with E-state index in [0.29, 0.717) is 12.0 Å². The lowest BCUT2D eigenvalue weighted by atomic mass is 10.0. The Kier molecular flexibility index (Phi) is 11.9. The van der Waals surface area contributed by atoms with E-state index in [1.807, 2.05) is 7.05 Å². The molecule has 6 heteroatoms. The molecule has 0 aliphatic carbocycles. The number of guanidine groups is 1. The van der Waals surface area contributed by atoms with Crippen LogP contribution in [0.5, 0.6) is 0 Å². The number of rotatable bonds is 11. The van der Waals surface area contributed by atoms with Gasteiger partial charge in [0.15, 0.2) is 5.96 Å². The molecule has 0 atom stereocenters. The van der Waals surface area contributed by atoms with Crippen molar-refractivity contribution >= 4 is 5.96 Å². The minimum atomic E-state index is 0.583. The smallest absolute Gasteiger partial charge is 0.191 e. The van der Waals surface area contributed by atoms with E-state index >= 15 is 0 Å². The third kappa shape index (κ3) is 9.45. The number of nitrogens with zero attached hydrogens (tertiary/aromatic N) is 2. The van der Waals surface area contributed by atoms with E-state index in [1.54, 1.807) is 0 Å². The quantitative estimate of drug-likeness (QED) is 0.340. The van der Waals surface area contributed by atoms with Crippen molar-refractivity contribution in [2.24, 2.45) is 10.9 Å². The maximum absolute atomic E-state index is 5.78. The fourth-order valence-electron chi connectivity index (χ4n) is 2.86. The number of likely N-dealkylation sites (N-methyl/N-ethyl adjacent to an activating group) is 1. The summed E-state index contributed by atoms with van der Waals surface area (Å²) in [5.41, 5.74) is 0. The maximum atomic E-state index is 5.78. The molecule has 1 aliphatic rings. The first-order chi connectivity index (χ1) is 11.7. The predicted molar refractivity (Wildman–Crippen MR) is 101 cm³/mol. The van der Waals surface area contributed by atoms with Gasteiger partial charge in [-0.2, -0.15) is 0 Å². The summed E-state index contributed by atoms with van der Waals surface area (Å²) >= 11 is 0. The van der Waals surface area contributed by atoms with Crippen molar-refractivity contribution in [1.82, 2.24) is 15.5 Å². The summed E-state index contributed by atoms with van der Waals surface area (Å²) in [5, 5.41) is 6.72. The molecule has 0 aromatic carbocycles. The number of hydrogen-bond donors (Lipinski definition) is 2. The molecule has 0 unspecified atom stereocenters. The van der Waals surface area contributed by atoms with Crippen LogP contribution in [-0.2, 0) is 9.47 Å². The molecule has 24 heavy (non-hydrogen) atoms. The van der Waals surface area contributed by atoms with Gasteiger partial charge in [-0.05, 0) is 45.6 Å². The minimum Gasteiger partial charge on any atom is -0.381 e. The number of ether oxygens (including phenoxy) is 2. The van der Waals surface area contributed by atoms with Gasteiger partial charge in [-0.25, -0.2) is 0 Å². The summed E-state index contributed by atoms with van der Waals surface area (Å²) in [5.74, 6) is 1.56. The molecule has 0 amide bonds. The second-order valence-corrected chi connectivity index (χ2v) is 6.63. The average molecular weight is 343 g/mol. The lowest BCUT2D eigenvalue weighted by molar-refractivity contribution is 0.0203. The van der Waals surface area contributed by atoms with Crippen molar-refractivity contribution in [3.8, 4) is 0 Å². The molecule has 0 radical (unpaired) electrons. The summed E-state index contributed by atoms with van der Waals surface area (Å²) in [4.78, 5) is 6.70. The zero-order valence-corrected chi connectivity index (χ0v) is 16.1. The third-order valence-electron chi connectivity index (χ3n) is 4.50. The third-order valence-corrected chi connectivity index (χ3v) is 4.50. The van der Waals surface area contributed by atoms with Gasteiger partial charge in [0.05, 0.1) is 0 Å². The molecule has 6 nitrogen and oxygen atoms in total. The fourth-order valence-corrected chi connectivity index (χ4v) is 2.86. The summed E-state index contributed by atoms with van der Waals surface area (Å²) in [7, 11) is 1.82. The van der Waals surface area contributed by atoms with Gasteiger partial charge in [0.2, 0.25) is 0 Å². The Morgan fingerprint density at radius 3 is 2.58 bits per heavy atom. The van der Waals surface area contributed by atoms with Crippen molar-refractivity contribution in [3.05, 3.63) is 0 Å². The average Bonchev–Trinajstić information content (AvgIpc) is 2.60. The normalized spacial score (nSPS) is 16.8. The van der Waals surface area contributed by atoms with Gasteiger partial charge < -0.3 is 20.1 Å². The van der Waals surface area contributed by atoms with E-state index in [2.05, 4.69) is 41.3 Å². The van der Waals surface area contributed by atoms with Crippen LogP contribution in [0, 0.1) is 5.92 Å². The summed E-state index contributed by atoms with van der Waals surface area (Å²) in [6.45, 7) is 14.0. The van der Waals surface area contributed by atoms with E-state index in [4.69, 9.17) is 9.47 Å². The van der Waals surface area contributed by atoms with Gasteiger partial charge in [0.1, 0.15) is 0 Å². The molecular weight excluding hydrogens is 304 g/mol. The van der Waals surface area contributed by atoms with Crippen LogP contribution in [0.3, 0.4) is 0 Å². The molecule has 1 fully saturated rings. The Labute approximate surface area is 148 Å². The highest BCUT2D eigenvalue weighted by molar-refractivity contribution is 5.79. The molecule has 142 valence electrons. The largest absolute Gasteiger partial charge is 0.381 e. The molecule has 1 rings (SSSR count). The highest BCUT2D eigenvalue weighted by Gasteiger charge is 2.13. The van der Waals surface area contributed by atoms with E-state index in [1.165, 1.54) is 0 Å². The van der Waals surface area contributed by atoms with Crippen LogP contribution in [-0.4, -0.2) is 76.6 Å². The van der Waals surface area contributed by atoms with Crippen molar-refractivity contribution < 1.29 is 9.47 Å². The van der Waals surface area contributed by atoms with Crippen LogP contribution >= 0.6 is 0 Å². The summed E-state index contributed by atoms with van der Waals surface area (Å²) in [6, 6.07) is 0.583. The van der Waals surface area contributed by atoms with Crippen molar-refractivity contribution in [2.45, 2.75) is 46.1 Å². The fraction of sp³-hybridized carbons (Fsp3) is 0.944. The minimum absolute atomic E-state index is 0.583. The Bertz CT molecular complexity index is 331. The first-order valence-corrected chi connectivity index (χ1v) is 9.51. The Morgan fingerprint density at radius 2 is 1.96 bits per heavy atom. The number of hydrogen-bond acceptors (Lipinski definition) is 4. The van der Waals surface area contributed by atoms with Crippen LogP contribution in [0.1, 0.15) is 40.0 Å². The standard InChI is InChI=1S/C18H38N4O2/c1-5-22(16(2)3)11-10-21-18(19-4)20-9-6-12-24-15-17-7-13-23-14-8-17/h16-17H,5-15H2,1-4H3,(H2,19,20,21). The van der Waals surface area contributed by atoms with Crippen molar-refractivity contribution in [2.75, 3.05) is 59.7 Å². The van der Waals surface area contributed by atoms with Crippen molar-refractivity contribution in [1.29, 1.82) is 0 Å². The monoisotopic (exact) mass is 342 g/mol. The van der Waals surface area contributed by atoms with Gasteiger partial charge in [0.25, 0.3) is 0 Å². The number of aliphatic imine (C=N–C) groups is 1. The lowest BCUT2D eigenvalue weighted by Crippen LogP contribution is -2.43. The number of nitrogens with one attached hydrogen (secondary N) is 2. The molecule has 0 bridgehead atoms. The lowest BCUT2D eigenvalue weighted by Gasteiger charge is -2.25. The van der Waals surface area contributed by atoms with Crippen LogP contribution in [0.25, 0.3) is 0 Å². The Hall–Kier alpha value is -0.850. The highest BCUT2D eigenvalue weighted by Crippen LogP contribution is 2.14. The predicted octanol–water partition coefficient (Wildman–Crippen LogP) is 1.72. The molecule has 1 saturated heterocycles. The van der Waals surface area contributed by atoms with Gasteiger partial charge in [0, 0.05) is 59.2 Å². The zero-order valence-electron chi connectivity index (χ0n) is 16.1. The molecule has 0 saturated carbocycles. The summed E-state index contributed by atoms with van der Waals surface area (Å²) < 4.78 is 11.1. The Morgan fingerprint density at radius 1 is 1.25 bits per heavy atom. The van der Waals surface area contributed by atoms with E-state index in [0.717, 1.165) is 77.8 Å². The molecule has 0 spiro atoms. The molecule has 2 N–H and O–H groups in total. The van der Waals surface area contributed by atoms with Crippen LogP contribution < -0.4 is 10.6 Å². The first-order valence-electron chi connectivity index (χ1n) is 9.51. The van der Waals surface area contributed by atoms with Crippen LogP contribution in [0.4, 0.5) is 0 Å².